The first-order valence-corrected chi connectivity index (χ1v) is 5.41. The molecule has 0 amide bonds. The summed E-state index contributed by atoms with van der Waals surface area (Å²) in [7, 11) is 0. The van der Waals surface area contributed by atoms with Crippen LogP contribution in [0, 0.1) is 0 Å². The van der Waals surface area contributed by atoms with Gasteiger partial charge in [0.05, 0.1) is 15.2 Å². The highest BCUT2D eigenvalue weighted by atomic mass is 79.9. The number of halogens is 2. The topological polar surface area (TPSA) is 50.2 Å². The monoisotopic (exact) mass is 281 g/mol. The minimum absolute atomic E-state index is 0.00671. The van der Waals surface area contributed by atoms with Crippen LogP contribution in [-0.4, -0.2) is 21.8 Å². The van der Waals surface area contributed by atoms with Crippen molar-refractivity contribution in [2.24, 2.45) is 0 Å². The van der Waals surface area contributed by atoms with E-state index in [2.05, 4.69) is 20.9 Å². The molecule has 0 atom stereocenters. The predicted octanol–water partition coefficient (Wildman–Crippen LogP) is 2.67. The van der Waals surface area contributed by atoms with E-state index in [-0.39, 0.29) is 5.75 Å². The lowest BCUT2D eigenvalue weighted by Gasteiger charge is -2.00. The fraction of sp³-hybridized carbons (Fsp3) is 0.143. The molecule has 70 valence electrons. The maximum atomic E-state index is 10.3. The number of carboxylic acids is 1. The molecule has 0 aliphatic heterocycles. The summed E-state index contributed by atoms with van der Waals surface area (Å²) < 4.78 is 0.714. The van der Waals surface area contributed by atoms with Crippen molar-refractivity contribution >= 4 is 45.3 Å². The van der Waals surface area contributed by atoms with Crippen molar-refractivity contribution in [3.8, 4) is 0 Å². The second kappa shape index (κ2) is 4.83. The first kappa shape index (κ1) is 10.8. The van der Waals surface area contributed by atoms with Crippen molar-refractivity contribution in [3.05, 3.63) is 21.8 Å². The number of pyridine rings is 1. The highest BCUT2D eigenvalue weighted by Gasteiger charge is 2.05. The molecule has 0 unspecified atom stereocenters. The number of thioether (sulfide) groups is 1. The summed E-state index contributed by atoms with van der Waals surface area (Å²) in [5.74, 6) is -0.874. The Balaban J connectivity index is 2.72. The van der Waals surface area contributed by atoms with Crippen molar-refractivity contribution in [1.82, 2.24) is 4.98 Å². The van der Waals surface area contributed by atoms with E-state index >= 15 is 0 Å². The molecule has 1 aromatic heterocycles. The first-order valence-electron chi connectivity index (χ1n) is 3.25. The number of carboxylic acid groups (broad SMARTS) is 1. The summed E-state index contributed by atoms with van der Waals surface area (Å²) in [6.07, 6.45) is 1.48. The van der Waals surface area contributed by atoms with Gasteiger partial charge in [-0.2, -0.15) is 0 Å². The van der Waals surface area contributed by atoms with E-state index in [1.165, 1.54) is 6.20 Å². The van der Waals surface area contributed by atoms with Crippen LogP contribution in [0.4, 0.5) is 0 Å². The molecule has 6 heteroatoms. The Morgan fingerprint density at radius 3 is 3.00 bits per heavy atom. The summed E-state index contributed by atoms with van der Waals surface area (Å²) in [6, 6.07) is 1.68. The Kier molecular flexibility index (Phi) is 4.02. The highest BCUT2D eigenvalue weighted by Crippen LogP contribution is 2.27. The number of rotatable bonds is 3. The van der Waals surface area contributed by atoms with E-state index in [0.29, 0.717) is 14.5 Å². The number of aromatic nitrogens is 1. The molecule has 0 saturated heterocycles. The van der Waals surface area contributed by atoms with Gasteiger partial charge in [0.2, 0.25) is 0 Å². The fourth-order valence-corrected chi connectivity index (χ4v) is 2.20. The summed E-state index contributed by atoms with van der Waals surface area (Å²) >= 11 is 10.0. The van der Waals surface area contributed by atoms with Gasteiger partial charge in [-0.05, 0) is 22.0 Å². The van der Waals surface area contributed by atoms with Crippen LogP contribution in [0.15, 0.2) is 21.8 Å². The molecule has 0 aromatic carbocycles. The SMILES string of the molecule is O=C(O)CSc1ncc(Cl)cc1Br. The predicted molar refractivity (Wildman–Crippen MR) is 55.3 cm³/mol. The molecule has 0 fully saturated rings. The van der Waals surface area contributed by atoms with Crippen LogP contribution < -0.4 is 0 Å². The smallest absolute Gasteiger partial charge is 0.313 e. The van der Waals surface area contributed by atoms with E-state index in [1.54, 1.807) is 6.07 Å². The standard InChI is InChI=1S/C7H5BrClNO2S/c8-5-1-4(9)2-10-7(5)13-3-6(11)12/h1-2H,3H2,(H,11,12). The lowest BCUT2D eigenvalue weighted by Crippen LogP contribution is -1.98. The normalized spacial score (nSPS) is 10.0. The van der Waals surface area contributed by atoms with Crippen molar-refractivity contribution in [2.45, 2.75) is 5.03 Å². The van der Waals surface area contributed by atoms with E-state index in [9.17, 15) is 4.79 Å². The number of nitrogens with zero attached hydrogens (tertiary/aromatic N) is 1. The zero-order valence-electron chi connectivity index (χ0n) is 6.33. The third-order valence-corrected chi connectivity index (χ3v) is 3.17. The minimum Gasteiger partial charge on any atom is -0.481 e. The third kappa shape index (κ3) is 3.54. The van der Waals surface area contributed by atoms with Crippen LogP contribution in [0.3, 0.4) is 0 Å². The molecule has 1 N–H and O–H groups in total. The first-order chi connectivity index (χ1) is 6.09. The molecule has 0 aliphatic carbocycles. The molecule has 1 aromatic rings. The third-order valence-electron chi connectivity index (χ3n) is 1.11. The molecule has 0 saturated carbocycles. The second-order valence-corrected chi connectivity index (χ2v) is 4.38. The average Bonchev–Trinajstić information content (AvgIpc) is 2.02. The Morgan fingerprint density at radius 2 is 2.46 bits per heavy atom. The summed E-state index contributed by atoms with van der Waals surface area (Å²) in [5, 5.41) is 9.58. The van der Waals surface area contributed by atoms with Crippen molar-refractivity contribution in [2.75, 3.05) is 5.75 Å². The molecule has 0 spiro atoms. The van der Waals surface area contributed by atoms with Crippen LogP contribution in [0.1, 0.15) is 0 Å². The van der Waals surface area contributed by atoms with Gasteiger partial charge in [0.15, 0.2) is 0 Å². The Morgan fingerprint density at radius 1 is 1.77 bits per heavy atom. The van der Waals surface area contributed by atoms with Crippen LogP contribution in [0.5, 0.6) is 0 Å². The number of hydrogen-bond donors (Lipinski definition) is 1. The van der Waals surface area contributed by atoms with Gasteiger partial charge in [-0.3, -0.25) is 4.79 Å². The van der Waals surface area contributed by atoms with Gasteiger partial charge in [-0.25, -0.2) is 4.98 Å². The maximum Gasteiger partial charge on any atom is 0.313 e. The molecular formula is C7H5BrClNO2S. The molecular weight excluding hydrogens is 278 g/mol. The van der Waals surface area contributed by atoms with Gasteiger partial charge in [0.25, 0.3) is 0 Å². The van der Waals surface area contributed by atoms with Crippen LogP contribution in [0.25, 0.3) is 0 Å². The lowest BCUT2D eigenvalue weighted by molar-refractivity contribution is -0.133. The van der Waals surface area contributed by atoms with E-state index in [1.807, 2.05) is 0 Å². The van der Waals surface area contributed by atoms with Gasteiger partial charge in [-0.15, -0.1) is 0 Å². The molecule has 13 heavy (non-hydrogen) atoms. The number of hydrogen-bond acceptors (Lipinski definition) is 3. The van der Waals surface area contributed by atoms with Crippen molar-refractivity contribution in [1.29, 1.82) is 0 Å². The molecule has 1 heterocycles. The maximum absolute atomic E-state index is 10.3. The summed E-state index contributed by atoms with van der Waals surface area (Å²) in [4.78, 5) is 14.2. The summed E-state index contributed by atoms with van der Waals surface area (Å²) in [5.41, 5.74) is 0. The highest BCUT2D eigenvalue weighted by molar-refractivity contribution is 9.10. The van der Waals surface area contributed by atoms with Gasteiger partial charge in [-0.1, -0.05) is 23.4 Å². The van der Waals surface area contributed by atoms with Gasteiger partial charge >= 0.3 is 5.97 Å². The van der Waals surface area contributed by atoms with Crippen LogP contribution >= 0.6 is 39.3 Å². The number of aliphatic carboxylic acids is 1. The summed E-state index contributed by atoms with van der Waals surface area (Å²) in [6.45, 7) is 0. The molecule has 1 rings (SSSR count). The molecule has 0 radical (unpaired) electrons. The zero-order valence-corrected chi connectivity index (χ0v) is 9.49. The second-order valence-electron chi connectivity index (χ2n) is 2.12. The largest absolute Gasteiger partial charge is 0.481 e. The molecule has 3 nitrogen and oxygen atoms in total. The van der Waals surface area contributed by atoms with Crippen molar-refractivity contribution in [3.63, 3.8) is 0 Å². The zero-order chi connectivity index (χ0) is 9.84. The molecule has 0 aliphatic rings. The quantitative estimate of drug-likeness (QED) is 0.866. The van der Waals surface area contributed by atoms with Gasteiger partial charge in [0.1, 0.15) is 5.03 Å². The van der Waals surface area contributed by atoms with Crippen LogP contribution in [0.2, 0.25) is 5.02 Å². The minimum atomic E-state index is -0.867. The average molecular weight is 283 g/mol. The van der Waals surface area contributed by atoms with Crippen molar-refractivity contribution < 1.29 is 9.90 Å². The Labute approximate surface area is 92.6 Å². The van der Waals surface area contributed by atoms with Crippen LogP contribution in [-0.2, 0) is 4.79 Å². The Bertz CT molecular complexity index is 334. The fourth-order valence-electron chi connectivity index (χ4n) is 0.638. The van der Waals surface area contributed by atoms with E-state index in [4.69, 9.17) is 16.7 Å². The molecule has 0 bridgehead atoms. The number of carbonyl (C=O) groups is 1. The van der Waals surface area contributed by atoms with E-state index < -0.39 is 5.97 Å². The van der Waals surface area contributed by atoms with E-state index in [0.717, 1.165) is 11.8 Å². The van der Waals surface area contributed by atoms with Gasteiger partial charge in [0, 0.05) is 6.20 Å². The lowest BCUT2D eigenvalue weighted by atomic mass is 10.5. The van der Waals surface area contributed by atoms with Gasteiger partial charge < -0.3 is 5.11 Å². The Hall–Kier alpha value is -0.260.